The first-order valence-electron chi connectivity index (χ1n) is 9.40. The average Bonchev–Trinajstić information content (AvgIpc) is 3.09. The molecule has 2 aliphatic heterocycles. The smallest absolute Gasteiger partial charge is 0.331 e. The summed E-state index contributed by atoms with van der Waals surface area (Å²) in [5.74, 6) is -1.03. The van der Waals surface area contributed by atoms with Gasteiger partial charge >= 0.3 is 6.18 Å². The van der Waals surface area contributed by atoms with Gasteiger partial charge in [-0.15, -0.1) is 24.8 Å². The van der Waals surface area contributed by atoms with Gasteiger partial charge in [0.05, 0.1) is 11.0 Å². The molecule has 29 heavy (non-hydrogen) atoms. The monoisotopic (exact) mass is 452 g/mol. The maximum absolute atomic E-state index is 13.4. The van der Waals surface area contributed by atoms with Gasteiger partial charge in [0.2, 0.25) is 5.82 Å². The molecule has 1 aromatic carbocycles. The van der Waals surface area contributed by atoms with Gasteiger partial charge in [0, 0.05) is 30.2 Å². The van der Waals surface area contributed by atoms with Gasteiger partial charge in [-0.05, 0) is 57.9 Å². The van der Waals surface area contributed by atoms with Crippen molar-refractivity contribution in [3.63, 3.8) is 0 Å². The van der Waals surface area contributed by atoms with Crippen molar-refractivity contribution in [1.29, 1.82) is 0 Å². The van der Waals surface area contributed by atoms with Crippen LogP contribution in [0.2, 0.25) is 0 Å². The van der Waals surface area contributed by atoms with Crippen LogP contribution in [-0.4, -0.2) is 45.5 Å². The van der Waals surface area contributed by atoms with Crippen LogP contribution in [0.1, 0.15) is 55.3 Å². The number of nitrogens with zero attached hydrogens (tertiary/aromatic N) is 3. The highest BCUT2D eigenvalue weighted by atomic mass is 35.5. The molecule has 162 valence electrons. The summed E-state index contributed by atoms with van der Waals surface area (Å²) in [7, 11) is 0. The molecule has 2 unspecified atom stereocenters. The molecule has 2 saturated heterocycles. The molecular formula is C19H25Cl2F3N4O. The number of aromatic nitrogens is 2. The molecule has 3 heterocycles. The number of halogens is 5. The van der Waals surface area contributed by atoms with Gasteiger partial charge in [0.25, 0.3) is 5.91 Å². The Hall–Kier alpha value is -1.51. The van der Waals surface area contributed by atoms with Crippen molar-refractivity contribution >= 4 is 41.8 Å². The molecule has 5 nitrogen and oxygen atoms in total. The number of imidazole rings is 1. The minimum absolute atomic E-state index is 0. The number of carbonyl (C=O) groups is 1. The van der Waals surface area contributed by atoms with E-state index in [1.165, 1.54) is 10.6 Å². The molecule has 0 saturated carbocycles. The third-order valence-corrected chi connectivity index (χ3v) is 5.60. The molecule has 2 aromatic rings. The lowest BCUT2D eigenvalue weighted by Gasteiger charge is -2.28. The van der Waals surface area contributed by atoms with Crippen LogP contribution >= 0.6 is 24.8 Å². The zero-order valence-electron chi connectivity index (χ0n) is 16.2. The predicted octanol–water partition coefficient (Wildman–Crippen LogP) is 4.45. The topological polar surface area (TPSA) is 50.2 Å². The van der Waals surface area contributed by atoms with Gasteiger partial charge in [0.15, 0.2) is 0 Å². The van der Waals surface area contributed by atoms with Crippen molar-refractivity contribution in [2.75, 3.05) is 13.1 Å². The largest absolute Gasteiger partial charge is 0.449 e. The zero-order valence-corrected chi connectivity index (χ0v) is 17.8. The Labute approximate surface area is 179 Å². The SMILES string of the molecule is CC(C)n1c(C(F)(F)F)nc2cc(C(=O)N3C4CCNCC3CC4)ccc21.Cl.Cl. The second kappa shape index (κ2) is 8.70. The van der Waals surface area contributed by atoms with Crippen LogP contribution in [-0.2, 0) is 6.18 Å². The van der Waals surface area contributed by atoms with Crippen molar-refractivity contribution in [1.82, 2.24) is 19.8 Å². The summed E-state index contributed by atoms with van der Waals surface area (Å²) in [6, 6.07) is 4.68. The minimum atomic E-state index is -4.54. The van der Waals surface area contributed by atoms with E-state index in [1.54, 1.807) is 26.0 Å². The summed E-state index contributed by atoms with van der Waals surface area (Å²) in [6.45, 7) is 5.04. The summed E-state index contributed by atoms with van der Waals surface area (Å²) in [6.07, 6.45) is -1.68. The number of carbonyl (C=O) groups excluding carboxylic acids is 1. The molecule has 2 fully saturated rings. The van der Waals surface area contributed by atoms with Gasteiger partial charge in [-0.3, -0.25) is 4.79 Å². The number of hydrogen-bond donors (Lipinski definition) is 1. The van der Waals surface area contributed by atoms with Crippen molar-refractivity contribution in [2.45, 2.75) is 57.4 Å². The van der Waals surface area contributed by atoms with Gasteiger partial charge in [0.1, 0.15) is 0 Å². The average molecular weight is 453 g/mol. The Balaban J connectivity index is 0.00000150. The van der Waals surface area contributed by atoms with Crippen LogP contribution in [0.4, 0.5) is 13.2 Å². The summed E-state index contributed by atoms with van der Waals surface area (Å²) < 4.78 is 41.3. The van der Waals surface area contributed by atoms with E-state index < -0.39 is 12.0 Å². The number of hydrogen-bond acceptors (Lipinski definition) is 3. The fraction of sp³-hybridized carbons (Fsp3) is 0.579. The van der Waals surface area contributed by atoms with E-state index in [0.717, 1.165) is 32.4 Å². The minimum Gasteiger partial charge on any atom is -0.331 e. The third-order valence-electron chi connectivity index (χ3n) is 5.60. The molecule has 1 N–H and O–H groups in total. The second-order valence-corrected chi connectivity index (χ2v) is 7.69. The number of fused-ring (bicyclic) bond motifs is 3. The second-order valence-electron chi connectivity index (χ2n) is 7.69. The predicted molar refractivity (Wildman–Crippen MR) is 110 cm³/mol. The van der Waals surface area contributed by atoms with Crippen LogP contribution in [0.15, 0.2) is 18.2 Å². The summed E-state index contributed by atoms with van der Waals surface area (Å²) in [4.78, 5) is 18.9. The number of rotatable bonds is 2. The van der Waals surface area contributed by atoms with Crippen molar-refractivity contribution in [3.05, 3.63) is 29.6 Å². The molecule has 10 heteroatoms. The normalized spacial score (nSPS) is 21.7. The lowest BCUT2D eigenvalue weighted by molar-refractivity contribution is -0.147. The lowest BCUT2D eigenvalue weighted by Crippen LogP contribution is -2.42. The summed E-state index contributed by atoms with van der Waals surface area (Å²) in [5, 5.41) is 3.35. The molecule has 1 aromatic heterocycles. The summed E-state index contributed by atoms with van der Waals surface area (Å²) >= 11 is 0. The molecule has 0 spiro atoms. The third kappa shape index (κ3) is 4.20. The maximum Gasteiger partial charge on any atom is 0.449 e. The van der Waals surface area contributed by atoms with E-state index in [4.69, 9.17) is 0 Å². The molecule has 1 amide bonds. The van der Waals surface area contributed by atoms with Crippen LogP contribution in [0.25, 0.3) is 11.0 Å². The molecule has 0 radical (unpaired) electrons. The Morgan fingerprint density at radius 1 is 1.17 bits per heavy atom. The van der Waals surface area contributed by atoms with E-state index in [9.17, 15) is 18.0 Å². The quantitative estimate of drug-likeness (QED) is 0.732. The Morgan fingerprint density at radius 3 is 2.52 bits per heavy atom. The zero-order chi connectivity index (χ0) is 19.3. The van der Waals surface area contributed by atoms with Crippen LogP contribution in [0.5, 0.6) is 0 Å². The standard InChI is InChI=1S/C19H23F3N4O.2ClH/c1-11(2)25-16-6-3-12(9-15(16)24-18(25)19(20,21)22)17(27)26-13-4-5-14(26)10-23-8-7-13;;/h3,6,9,11,13-14,23H,4-5,7-8,10H2,1-2H3;2*1H. The fourth-order valence-electron chi connectivity index (χ4n) is 4.42. The highest BCUT2D eigenvalue weighted by molar-refractivity contribution is 5.98. The molecular weight excluding hydrogens is 428 g/mol. The first kappa shape index (κ1) is 23.8. The van der Waals surface area contributed by atoms with E-state index in [-0.39, 0.29) is 54.4 Å². The van der Waals surface area contributed by atoms with E-state index >= 15 is 0 Å². The first-order chi connectivity index (χ1) is 12.8. The fourth-order valence-corrected chi connectivity index (χ4v) is 4.42. The van der Waals surface area contributed by atoms with Gasteiger partial charge in [-0.2, -0.15) is 13.2 Å². The van der Waals surface area contributed by atoms with Gasteiger partial charge in [-0.1, -0.05) is 0 Å². The number of alkyl halides is 3. The Bertz CT molecular complexity index is 870. The van der Waals surface area contributed by atoms with E-state index in [0.29, 0.717) is 11.1 Å². The highest BCUT2D eigenvalue weighted by Gasteiger charge is 2.40. The Kier molecular flexibility index (Phi) is 7.13. The first-order valence-corrected chi connectivity index (χ1v) is 9.40. The lowest BCUT2D eigenvalue weighted by atomic mass is 10.1. The molecule has 0 aliphatic carbocycles. The van der Waals surface area contributed by atoms with E-state index in [1.807, 2.05) is 4.90 Å². The van der Waals surface area contributed by atoms with Gasteiger partial charge in [-0.25, -0.2) is 4.98 Å². The molecule has 4 rings (SSSR count). The number of nitrogens with one attached hydrogen (secondary N) is 1. The van der Waals surface area contributed by atoms with Crippen molar-refractivity contribution < 1.29 is 18.0 Å². The van der Waals surface area contributed by atoms with Crippen LogP contribution in [0, 0.1) is 0 Å². The number of benzene rings is 1. The molecule has 2 atom stereocenters. The van der Waals surface area contributed by atoms with Crippen molar-refractivity contribution in [2.24, 2.45) is 0 Å². The maximum atomic E-state index is 13.4. The van der Waals surface area contributed by atoms with Crippen LogP contribution < -0.4 is 5.32 Å². The summed E-state index contributed by atoms with van der Waals surface area (Å²) in [5.41, 5.74) is 1.01. The van der Waals surface area contributed by atoms with Gasteiger partial charge < -0.3 is 14.8 Å². The molecule has 2 bridgehead atoms. The van der Waals surface area contributed by atoms with Crippen molar-refractivity contribution in [3.8, 4) is 0 Å². The molecule has 2 aliphatic rings. The van der Waals surface area contributed by atoms with Crippen LogP contribution in [0.3, 0.4) is 0 Å². The highest BCUT2D eigenvalue weighted by Crippen LogP contribution is 2.35. The van der Waals surface area contributed by atoms with E-state index in [2.05, 4.69) is 10.3 Å². The Morgan fingerprint density at radius 2 is 1.86 bits per heavy atom. The number of amides is 1.